The fraction of sp³-hybridized carbons (Fsp3) is 0.500. The minimum absolute atomic E-state index is 0. The molecule has 0 atom stereocenters. The number of nitrogens with zero attached hydrogens (tertiary/aromatic N) is 5. The van der Waals surface area contributed by atoms with Crippen molar-refractivity contribution in [3.05, 3.63) is 12.7 Å². The molecule has 156 valence electrons. The van der Waals surface area contributed by atoms with Gasteiger partial charge in [0.15, 0.2) is 0 Å². The molecule has 4 amide bonds. The Hall–Kier alpha value is -3.91. The second-order valence-corrected chi connectivity index (χ2v) is 5.33. The summed E-state index contributed by atoms with van der Waals surface area (Å²) in [4.78, 5) is 46.5. The summed E-state index contributed by atoms with van der Waals surface area (Å²) in [6.07, 6.45) is 1.65. The maximum absolute atomic E-state index is 11.6. The van der Waals surface area contributed by atoms with Crippen molar-refractivity contribution in [1.29, 1.82) is 15.8 Å². The molecule has 11 heteroatoms. The van der Waals surface area contributed by atoms with Crippen LogP contribution in [-0.2, 0) is 19.2 Å². The molecule has 0 bridgehead atoms. The van der Waals surface area contributed by atoms with Crippen LogP contribution >= 0.6 is 0 Å². The number of carbonyl (C=O) groups excluding carboxylic acids is 4. The van der Waals surface area contributed by atoms with Gasteiger partial charge in [0.05, 0.1) is 57.2 Å². The van der Waals surface area contributed by atoms with E-state index >= 15 is 0 Å². The topological polar surface area (TPSA) is 170 Å². The van der Waals surface area contributed by atoms with Crippen LogP contribution in [0.3, 0.4) is 0 Å². The summed E-state index contributed by atoms with van der Waals surface area (Å²) < 4.78 is 0. The smallest absolute Gasteiger partial charge is 0.242 e. The van der Waals surface area contributed by atoms with E-state index in [9.17, 15) is 19.2 Å². The van der Waals surface area contributed by atoms with E-state index in [1.807, 2.05) is 12.1 Å². The third-order valence-corrected chi connectivity index (χ3v) is 3.33. The van der Waals surface area contributed by atoms with E-state index in [0.717, 1.165) is 0 Å². The van der Waals surface area contributed by atoms with E-state index in [-0.39, 0.29) is 70.1 Å². The van der Waals surface area contributed by atoms with Crippen molar-refractivity contribution in [2.75, 3.05) is 39.3 Å². The predicted octanol–water partition coefficient (Wildman–Crippen LogP) is -0.951. The summed E-state index contributed by atoms with van der Waals surface area (Å²) >= 11 is 0. The second kappa shape index (κ2) is 16.3. The molecule has 0 aromatic rings. The van der Waals surface area contributed by atoms with E-state index in [0.29, 0.717) is 13.1 Å². The number of allylic oxidation sites excluding steroid dienone is 1. The molecule has 29 heavy (non-hydrogen) atoms. The fourth-order valence-electron chi connectivity index (χ4n) is 1.96. The Morgan fingerprint density at radius 2 is 1.21 bits per heavy atom. The maximum atomic E-state index is 11.6. The average Bonchev–Trinajstić information content (AvgIpc) is 2.70. The highest BCUT2D eigenvalue weighted by molar-refractivity contribution is 5.93. The molecular formula is C18H25N7O4. The van der Waals surface area contributed by atoms with Gasteiger partial charge >= 0.3 is 0 Å². The lowest BCUT2D eigenvalue weighted by Crippen LogP contribution is -2.53. The minimum atomic E-state index is -0.159. The highest BCUT2D eigenvalue weighted by Gasteiger charge is 2.28. The first-order valence-electron chi connectivity index (χ1n) is 8.22. The first-order chi connectivity index (χ1) is 13.4. The Bertz CT molecular complexity index is 651. The van der Waals surface area contributed by atoms with Gasteiger partial charge in [0.25, 0.3) is 0 Å². The molecular weight excluding hydrogens is 378 g/mol. The third kappa shape index (κ3) is 12.2. The van der Waals surface area contributed by atoms with Crippen molar-refractivity contribution in [1.82, 2.24) is 20.4 Å². The number of nitriles is 3. The molecule has 2 N–H and O–H groups in total. The number of rotatable bonds is 4. The van der Waals surface area contributed by atoms with Crippen LogP contribution in [0.4, 0.5) is 0 Å². The van der Waals surface area contributed by atoms with Gasteiger partial charge in [-0.05, 0) is 0 Å². The van der Waals surface area contributed by atoms with Crippen LogP contribution in [0.2, 0.25) is 0 Å². The normalized spacial score (nSPS) is 14.7. The first-order valence-corrected chi connectivity index (χ1v) is 8.22. The van der Waals surface area contributed by atoms with E-state index in [1.54, 1.807) is 6.07 Å². The molecule has 0 aromatic heterocycles. The lowest BCUT2D eigenvalue weighted by molar-refractivity contribution is -0.149. The Balaban J connectivity index is 0. The maximum Gasteiger partial charge on any atom is 0.242 e. The molecule has 2 saturated heterocycles. The van der Waals surface area contributed by atoms with Gasteiger partial charge in [-0.15, -0.1) is 0 Å². The standard InChI is InChI=1S/C10H12N4O2.C4H6N2O2.C3H3N.CH4/c11-3-1-5-13-7-10(16)14(6-2-4-12)8-9(13)15;7-3-1-5-4(8)2-6-3;1-2-3-4;/h1-2,5-8H2;1-2H2,(H,5,8)(H,6,7);2H,1H2;1H4. The number of carbonyl (C=O) groups is 4. The molecule has 2 aliphatic heterocycles. The zero-order valence-corrected chi connectivity index (χ0v) is 15.3. The number of hydrogen-bond acceptors (Lipinski definition) is 7. The first kappa shape index (κ1) is 27.3. The lowest BCUT2D eigenvalue weighted by atomic mass is 10.2. The molecule has 2 rings (SSSR count). The lowest BCUT2D eigenvalue weighted by Gasteiger charge is -2.33. The van der Waals surface area contributed by atoms with Crippen molar-refractivity contribution >= 4 is 23.6 Å². The van der Waals surface area contributed by atoms with Gasteiger partial charge in [-0.1, -0.05) is 14.0 Å². The van der Waals surface area contributed by atoms with Crippen LogP contribution in [-0.4, -0.2) is 72.7 Å². The number of amides is 4. The van der Waals surface area contributed by atoms with E-state index in [2.05, 4.69) is 17.2 Å². The van der Waals surface area contributed by atoms with E-state index < -0.39 is 0 Å². The van der Waals surface area contributed by atoms with Crippen molar-refractivity contribution in [3.63, 3.8) is 0 Å². The Morgan fingerprint density at radius 3 is 1.45 bits per heavy atom. The molecule has 0 spiro atoms. The summed E-state index contributed by atoms with van der Waals surface area (Å²) in [6.45, 7) is 4.00. The fourth-order valence-corrected chi connectivity index (χ4v) is 1.96. The van der Waals surface area contributed by atoms with Gasteiger partial charge < -0.3 is 20.4 Å². The summed E-state index contributed by atoms with van der Waals surface area (Å²) in [5.41, 5.74) is 0. The summed E-state index contributed by atoms with van der Waals surface area (Å²) in [5, 5.41) is 29.1. The van der Waals surface area contributed by atoms with Gasteiger partial charge in [0.1, 0.15) is 0 Å². The molecule has 0 unspecified atom stereocenters. The largest absolute Gasteiger partial charge is 0.346 e. The van der Waals surface area contributed by atoms with E-state index in [4.69, 9.17) is 15.8 Å². The monoisotopic (exact) mass is 403 g/mol. The molecule has 0 radical (unpaired) electrons. The molecule has 0 aliphatic carbocycles. The predicted molar refractivity (Wildman–Crippen MR) is 102 cm³/mol. The van der Waals surface area contributed by atoms with E-state index in [1.165, 1.54) is 15.9 Å². The van der Waals surface area contributed by atoms with Crippen LogP contribution in [0.15, 0.2) is 12.7 Å². The molecule has 11 nitrogen and oxygen atoms in total. The highest BCUT2D eigenvalue weighted by Crippen LogP contribution is 2.06. The molecule has 0 aromatic carbocycles. The van der Waals surface area contributed by atoms with Gasteiger partial charge in [0, 0.05) is 19.2 Å². The molecule has 2 aliphatic rings. The summed E-state index contributed by atoms with van der Waals surface area (Å²) in [5.74, 6) is -0.560. The van der Waals surface area contributed by atoms with Crippen molar-refractivity contribution in [2.45, 2.75) is 20.3 Å². The SMILES string of the molecule is C.C=CC#N.N#CCCN1CC(=O)N(CCC#N)CC1=O.O=C1CNC(=O)CN1. The van der Waals surface area contributed by atoms with Gasteiger partial charge in [0.2, 0.25) is 23.6 Å². The summed E-state index contributed by atoms with van der Waals surface area (Å²) in [6, 6.07) is 5.56. The van der Waals surface area contributed by atoms with Crippen LogP contribution in [0.25, 0.3) is 0 Å². The van der Waals surface area contributed by atoms with Gasteiger partial charge in [-0.25, -0.2) is 0 Å². The summed E-state index contributed by atoms with van der Waals surface area (Å²) in [7, 11) is 0. The second-order valence-electron chi connectivity index (χ2n) is 5.33. The highest BCUT2D eigenvalue weighted by atomic mass is 16.2. The van der Waals surface area contributed by atoms with Crippen molar-refractivity contribution < 1.29 is 19.2 Å². The van der Waals surface area contributed by atoms with Crippen molar-refractivity contribution in [2.24, 2.45) is 0 Å². The Labute approximate surface area is 170 Å². The third-order valence-electron chi connectivity index (χ3n) is 3.33. The van der Waals surface area contributed by atoms with Crippen molar-refractivity contribution in [3.8, 4) is 18.2 Å². The Kier molecular flexibility index (Phi) is 15.3. The van der Waals surface area contributed by atoms with Crippen LogP contribution in [0.5, 0.6) is 0 Å². The number of piperazine rings is 2. The number of hydrogen-bond donors (Lipinski definition) is 2. The van der Waals surface area contributed by atoms with Crippen LogP contribution in [0.1, 0.15) is 20.3 Å². The minimum Gasteiger partial charge on any atom is -0.346 e. The quantitative estimate of drug-likeness (QED) is 0.570. The zero-order valence-electron chi connectivity index (χ0n) is 15.3. The van der Waals surface area contributed by atoms with Gasteiger partial charge in [-0.3, -0.25) is 19.2 Å². The average molecular weight is 403 g/mol. The number of nitrogens with one attached hydrogen (secondary N) is 2. The molecule has 0 saturated carbocycles. The molecule has 2 fully saturated rings. The Morgan fingerprint density at radius 1 is 0.862 bits per heavy atom. The van der Waals surface area contributed by atoms with Gasteiger partial charge in [-0.2, -0.15) is 15.8 Å². The molecule has 2 heterocycles. The zero-order chi connectivity index (χ0) is 21.4. The van der Waals surface area contributed by atoms with Crippen LogP contribution < -0.4 is 10.6 Å². The van der Waals surface area contributed by atoms with Crippen LogP contribution in [0, 0.1) is 34.0 Å².